The molecule has 0 radical (unpaired) electrons. The summed E-state index contributed by atoms with van der Waals surface area (Å²) in [4.78, 5) is 15.4. The summed E-state index contributed by atoms with van der Waals surface area (Å²) in [6.45, 7) is 5.48. The number of nitrogen functional groups attached to an aromatic ring is 1. The molecule has 1 aromatic heterocycles. The molecule has 0 saturated carbocycles. The first-order valence-corrected chi connectivity index (χ1v) is 5.24. The summed E-state index contributed by atoms with van der Waals surface area (Å²) in [6, 6.07) is 0.112. The highest BCUT2D eigenvalue weighted by atomic mass is 19.1. The van der Waals surface area contributed by atoms with Gasteiger partial charge >= 0.3 is 0 Å². The van der Waals surface area contributed by atoms with Crippen molar-refractivity contribution in [3.63, 3.8) is 0 Å². The predicted molar refractivity (Wildman–Crippen MR) is 59.7 cm³/mol. The van der Waals surface area contributed by atoms with Crippen molar-refractivity contribution < 1.29 is 9.18 Å². The summed E-state index contributed by atoms with van der Waals surface area (Å²) < 4.78 is 14.6. The Morgan fingerprint density at radius 2 is 2.31 bits per heavy atom. The van der Waals surface area contributed by atoms with Crippen LogP contribution in [-0.4, -0.2) is 21.8 Å². The lowest BCUT2D eigenvalue weighted by atomic mass is 10.3. The molecule has 5 nitrogen and oxygen atoms in total. The molecule has 3 N–H and O–H groups in total. The van der Waals surface area contributed by atoms with Gasteiger partial charge in [-0.15, -0.1) is 0 Å². The quantitative estimate of drug-likeness (QED) is 0.767. The summed E-state index contributed by atoms with van der Waals surface area (Å²) in [5.41, 5.74) is 5.81. The van der Waals surface area contributed by atoms with Crippen molar-refractivity contribution in [2.45, 2.75) is 39.5 Å². The summed E-state index contributed by atoms with van der Waals surface area (Å²) >= 11 is 0. The van der Waals surface area contributed by atoms with Gasteiger partial charge in [-0.3, -0.25) is 4.79 Å². The van der Waals surface area contributed by atoms with Gasteiger partial charge in [0.1, 0.15) is 5.82 Å². The zero-order valence-corrected chi connectivity index (χ0v) is 9.70. The zero-order chi connectivity index (χ0) is 12.3. The lowest BCUT2D eigenvalue weighted by Crippen LogP contribution is -2.31. The van der Waals surface area contributed by atoms with Crippen LogP contribution in [-0.2, 0) is 0 Å². The molecular weight excluding hydrogens is 211 g/mol. The van der Waals surface area contributed by atoms with E-state index in [1.54, 1.807) is 11.5 Å². The Bertz CT molecular complexity index is 375. The smallest absolute Gasteiger partial charge is 0.275 e. The van der Waals surface area contributed by atoms with Crippen molar-refractivity contribution in [3.05, 3.63) is 12.0 Å². The van der Waals surface area contributed by atoms with E-state index in [0.29, 0.717) is 0 Å². The maximum atomic E-state index is 13.0. The highest BCUT2D eigenvalue weighted by Crippen LogP contribution is 2.15. The number of amides is 1. The van der Waals surface area contributed by atoms with Crippen LogP contribution in [0.25, 0.3) is 0 Å². The van der Waals surface area contributed by atoms with E-state index >= 15 is 0 Å². The van der Waals surface area contributed by atoms with Gasteiger partial charge in [0.05, 0.1) is 6.33 Å². The van der Waals surface area contributed by atoms with Gasteiger partial charge in [-0.05, 0) is 20.3 Å². The molecule has 0 spiro atoms. The first-order valence-electron chi connectivity index (χ1n) is 5.24. The molecule has 0 aromatic carbocycles. The van der Waals surface area contributed by atoms with Crippen LogP contribution >= 0.6 is 0 Å². The zero-order valence-electron chi connectivity index (χ0n) is 9.70. The van der Waals surface area contributed by atoms with E-state index in [1.807, 2.05) is 13.8 Å². The van der Waals surface area contributed by atoms with Gasteiger partial charge < -0.3 is 15.6 Å². The molecule has 0 bridgehead atoms. The number of hydrogen-bond acceptors (Lipinski definition) is 3. The molecule has 0 aliphatic rings. The van der Waals surface area contributed by atoms with Crippen molar-refractivity contribution in [2.24, 2.45) is 0 Å². The molecule has 16 heavy (non-hydrogen) atoms. The van der Waals surface area contributed by atoms with Crippen LogP contribution in [0.4, 0.5) is 10.2 Å². The first-order chi connectivity index (χ1) is 7.47. The molecule has 0 saturated heterocycles. The van der Waals surface area contributed by atoms with Gasteiger partial charge in [-0.25, -0.2) is 9.37 Å². The maximum absolute atomic E-state index is 13.0. The number of rotatable bonds is 4. The van der Waals surface area contributed by atoms with Crippen LogP contribution in [0.15, 0.2) is 6.33 Å². The van der Waals surface area contributed by atoms with Gasteiger partial charge in [0.25, 0.3) is 5.91 Å². The van der Waals surface area contributed by atoms with Crippen molar-refractivity contribution in [1.82, 2.24) is 14.9 Å². The highest BCUT2D eigenvalue weighted by Gasteiger charge is 2.18. The third-order valence-electron chi connectivity index (χ3n) is 2.25. The summed E-state index contributed by atoms with van der Waals surface area (Å²) in [7, 11) is 0. The number of carbonyl (C=O) groups excluding carboxylic acids is 1. The number of aromatic nitrogens is 2. The van der Waals surface area contributed by atoms with Gasteiger partial charge in [0.15, 0.2) is 12.0 Å². The number of nitrogens with two attached hydrogens (primary N) is 1. The van der Waals surface area contributed by atoms with Gasteiger partial charge in [0, 0.05) is 6.04 Å². The number of carbonyl (C=O) groups is 1. The van der Waals surface area contributed by atoms with Crippen molar-refractivity contribution in [1.29, 1.82) is 0 Å². The number of halogens is 1. The van der Waals surface area contributed by atoms with Crippen molar-refractivity contribution in [2.75, 3.05) is 5.73 Å². The van der Waals surface area contributed by atoms with E-state index in [-0.39, 0.29) is 24.0 Å². The normalized spacial score (nSPS) is 12.8. The Morgan fingerprint density at radius 1 is 1.69 bits per heavy atom. The minimum atomic E-state index is -1.36. The lowest BCUT2D eigenvalue weighted by molar-refractivity contribution is 0.0888. The third-order valence-corrected chi connectivity index (χ3v) is 2.25. The number of anilines is 1. The number of hydrogen-bond donors (Lipinski definition) is 2. The molecule has 1 amide bonds. The molecule has 0 fully saturated rings. The maximum Gasteiger partial charge on any atom is 0.275 e. The fourth-order valence-electron chi connectivity index (χ4n) is 1.27. The lowest BCUT2D eigenvalue weighted by Gasteiger charge is -2.10. The van der Waals surface area contributed by atoms with Crippen LogP contribution < -0.4 is 11.1 Å². The Balaban J connectivity index is 2.85. The molecule has 1 rings (SSSR count). The van der Waals surface area contributed by atoms with Gasteiger partial charge in [0.2, 0.25) is 0 Å². The fraction of sp³-hybridized carbons (Fsp3) is 0.600. The Morgan fingerprint density at radius 3 is 2.75 bits per heavy atom. The second-order valence-electron chi connectivity index (χ2n) is 3.83. The number of nitrogens with zero attached hydrogens (tertiary/aromatic N) is 2. The summed E-state index contributed by atoms with van der Waals surface area (Å²) in [5.74, 6) is -0.318. The van der Waals surface area contributed by atoms with E-state index in [2.05, 4.69) is 10.3 Å². The highest BCUT2D eigenvalue weighted by molar-refractivity contribution is 5.96. The van der Waals surface area contributed by atoms with Crippen LogP contribution in [0.5, 0.6) is 0 Å². The first kappa shape index (κ1) is 12.5. The van der Waals surface area contributed by atoms with Crippen LogP contribution in [0, 0.1) is 0 Å². The minimum absolute atomic E-state index is 0.0739. The van der Waals surface area contributed by atoms with Gasteiger partial charge in [-0.2, -0.15) is 0 Å². The molecule has 6 heteroatoms. The molecule has 1 atom stereocenters. The van der Waals surface area contributed by atoms with Gasteiger partial charge in [-0.1, -0.05) is 6.92 Å². The van der Waals surface area contributed by atoms with E-state index in [4.69, 9.17) is 5.73 Å². The standard InChI is InChI=1S/C10H17FN4O/c1-4-7(11)14-10(16)8-9(12)15(5-13-8)6(2)3/h5-7H,4,12H2,1-3H3,(H,14,16). The molecule has 1 heterocycles. The Kier molecular flexibility index (Phi) is 3.87. The van der Waals surface area contributed by atoms with E-state index in [1.165, 1.54) is 6.33 Å². The second-order valence-corrected chi connectivity index (χ2v) is 3.83. The van der Waals surface area contributed by atoms with Crippen molar-refractivity contribution in [3.8, 4) is 0 Å². The minimum Gasteiger partial charge on any atom is -0.383 e. The Labute approximate surface area is 93.8 Å². The average Bonchev–Trinajstić information content (AvgIpc) is 2.59. The largest absolute Gasteiger partial charge is 0.383 e. The molecule has 1 unspecified atom stereocenters. The van der Waals surface area contributed by atoms with Crippen molar-refractivity contribution >= 4 is 11.7 Å². The monoisotopic (exact) mass is 228 g/mol. The topological polar surface area (TPSA) is 72.9 Å². The van der Waals surface area contributed by atoms with Crippen LogP contribution in [0.1, 0.15) is 43.7 Å². The fourth-order valence-corrected chi connectivity index (χ4v) is 1.27. The molecule has 0 aliphatic heterocycles. The van der Waals surface area contributed by atoms with E-state index < -0.39 is 12.2 Å². The number of imidazole rings is 1. The van der Waals surface area contributed by atoms with Crippen LogP contribution in [0.2, 0.25) is 0 Å². The van der Waals surface area contributed by atoms with E-state index in [0.717, 1.165) is 0 Å². The number of nitrogens with one attached hydrogen (secondary N) is 1. The average molecular weight is 228 g/mol. The summed E-state index contributed by atoms with van der Waals surface area (Å²) in [6.07, 6.45) is 0.334. The molecular formula is C10H17FN4O. The molecule has 90 valence electrons. The second kappa shape index (κ2) is 4.96. The number of alkyl halides is 1. The third kappa shape index (κ3) is 2.50. The molecule has 1 aromatic rings. The predicted octanol–water partition coefficient (Wildman–Crippen LogP) is 1.48. The molecule has 0 aliphatic carbocycles. The Hall–Kier alpha value is -1.59. The van der Waals surface area contributed by atoms with E-state index in [9.17, 15) is 9.18 Å². The van der Waals surface area contributed by atoms with Crippen LogP contribution in [0.3, 0.4) is 0 Å². The SMILES string of the molecule is CCC(F)NC(=O)c1ncn(C(C)C)c1N. The summed E-state index contributed by atoms with van der Waals surface area (Å²) in [5, 5.41) is 2.18.